The third-order valence-electron chi connectivity index (χ3n) is 5.33. The zero-order valence-electron chi connectivity index (χ0n) is 14.3. The van der Waals surface area contributed by atoms with Crippen LogP contribution in [0.1, 0.15) is 17.5 Å². The average molecular weight is 361 g/mol. The van der Waals surface area contributed by atoms with Gasteiger partial charge in [0, 0.05) is 0 Å². The molecule has 1 N–H and O–H groups in total. The van der Waals surface area contributed by atoms with Gasteiger partial charge < -0.3 is 5.32 Å². The Morgan fingerprint density at radius 2 is 1.81 bits per heavy atom. The van der Waals surface area contributed by atoms with Gasteiger partial charge in [-0.3, -0.25) is 9.59 Å². The van der Waals surface area contributed by atoms with Gasteiger partial charge in [-0.05, 0) is 36.1 Å². The molecule has 27 heavy (non-hydrogen) atoms. The summed E-state index contributed by atoms with van der Waals surface area (Å²) in [4.78, 5) is 39.4. The van der Waals surface area contributed by atoms with Crippen LogP contribution in [0.15, 0.2) is 53.3 Å². The van der Waals surface area contributed by atoms with Gasteiger partial charge in [0.1, 0.15) is 17.7 Å². The molecular formula is C19H15N5O3. The second kappa shape index (κ2) is 5.47. The van der Waals surface area contributed by atoms with E-state index in [0.29, 0.717) is 23.7 Å². The second-order valence-corrected chi connectivity index (χ2v) is 6.78. The first-order chi connectivity index (χ1) is 13.1. The first-order valence-electron chi connectivity index (χ1n) is 8.65. The first kappa shape index (κ1) is 15.7. The van der Waals surface area contributed by atoms with Crippen molar-refractivity contribution in [2.75, 3.05) is 0 Å². The summed E-state index contributed by atoms with van der Waals surface area (Å²) in [5, 5.41) is 11.1. The van der Waals surface area contributed by atoms with Crippen molar-refractivity contribution in [2.45, 2.75) is 25.0 Å². The highest BCUT2D eigenvalue weighted by atomic mass is 16.2. The number of carbonyl (C=O) groups excluding carboxylic acids is 2. The maximum Gasteiger partial charge on any atom is 0.326 e. The molecular weight excluding hydrogens is 346 g/mol. The van der Waals surface area contributed by atoms with E-state index >= 15 is 0 Å². The number of urea groups is 1. The Bertz CT molecular complexity index is 1170. The van der Waals surface area contributed by atoms with Gasteiger partial charge in [-0.1, -0.05) is 41.6 Å². The molecule has 1 fully saturated rings. The molecule has 2 aliphatic rings. The minimum absolute atomic E-state index is 0.273. The topological polar surface area (TPSA) is 97.2 Å². The van der Waals surface area contributed by atoms with Gasteiger partial charge in [-0.25, -0.2) is 9.69 Å². The van der Waals surface area contributed by atoms with Gasteiger partial charge in [-0.15, -0.1) is 5.10 Å². The molecule has 5 rings (SSSR count). The predicted octanol–water partition coefficient (Wildman–Crippen LogP) is 1.14. The van der Waals surface area contributed by atoms with Crippen molar-refractivity contribution in [1.29, 1.82) is 0 Å². The molecule has 0 saturated carbocycles. The lowest BCUT2D eigenvalue weighted by atomic mass is 9.92. The predicted molar refractivity (Wildman–Crippen MR) is 95.6 cm³/mol. The van der Waals surface area contributed by atoms with E-state index in [1.165, 1.54) is 0 Å². The van der Waals surface area contributed by atoms with Crippen molar-refractivity contribution >= 4 is 22.8 Å². The Labute approximate surface area is 153 Å². The quantitative estimate of drug-likeness (QED) is 0.691. The number of aromatic nitrogens is 3. The molecule has 1 saturated heterocycles. The van der Waals surface area contributed by atoms with Crippen molar-refractivity contribution < 1.29 is 9.59 Å². The van der Waals surface area contributed by atoms with Gasteiger partial charge in [0.05, 0.1) is 5.39 Å². The van der Waals surface area contributed by atoms with Crippen LogP contribution in [-0.2, 0) is 23.4 Å². The number of amides is 3. The number of nitrogens with one attached hydrogen (secondary N) is 1. The van der Waals surface area contributed by atoms with Crippen molar-refractivity contribution in [3.63, 3.8) is 0 Å². The normalized spacial score (nSPS) is 21.1. The second-order valence-electron chi connectivity index (χ2n) is 6.78. The number of fused-ring (bicyclic) bond motifs is 3. The Morgan fingerprint density at radius 1 is 1.04 bits per heavy atom. The van der Waals surface area contributed by atoms with Gasteiger partial charge >= 0.3 is 6.03 Å². The molecule has 0 radical (unpaired) electrons. The van der Waals surface area contributed by atoms with Crippen LogP contribution in [0, 0.1) is 0 Å². The lowest BCUT2D eigenvalue weighted by Crippen LogP contribution is -2.42. The number of rotatable bonds is 2. The summed E-state index contributed by atoms with van der Waals surface area (Å²) in [6, 6.07) is 13.9. The molecule has 1 atom stereocenters. The third-order valence-corrected chi connectivity index (χ3v) is 5.33. The summed E-state index contributed by atoms with van der Waals surface area (Å²) in [7, 11) is 0. The van der Waals surface area contributed by atoms with Gasteiger partial charge in [-0.2, -0.15) is 4.68 Å². The SMILES string of the molecule is O=C1N[C@]2(CCc3ccccc32)C(=O)N1Cn1nnc2ccccc2c1=O. The summed E-state index contributed by atoms with van der Waals surface area (Å²) >= 11 is 0. The molecule has 0 bridgehead atoms. The number of nitrogens with zero attached hydrogens (tertiary/aromatic N) is 4. The van der Waals surface area contributed by atoms with Gasteiger partial charge in [0.25, 0.3) is 11.5 Å². The fraction of sp³-hybridized carbons (Fsp3) is 0.211. The smallest absolute Gasteiger partial charge is 0.319 e. The molecule has 0 unspecified atom stereocenters. The summed E-state index contributed by atoms with van der Waals surface area (Å²) < 4.78 is 1.04. The van der Waals surface area contributed by atoms with E-state index in [1.807, 2.05) is 24.3 Å². The minimum atomic E-state index is -1.05. The maximum absolute atomic E-state index is 13.2. The van der Waals surface area contributed by atoms with Crippen LogP contribution in [-0.4, -0.2) is 31.8 Å². The summed E-state index contributed by atoms with van der Waals surface area (Å²) in [5.74, 6) is -0.362. The van der Waals surface area contributed by atoms with E-state index in [4.69, 9.17) is 0 Å². The van der Waals surface area contributed by atoms with E-state index in [9.17, 15) is 14.4 Å². The lowest BCUT2D eigenvalue weighted by molar-refractivity contribution is -0.132. The van der Waals surface area contributed by atoms with E-state index in [2.05, 4.69) is 15.6 Å². The fourth-order valence-corrected chi connectivity index (χ4v) is 3.97. The Balaban J connectivity index is 1.53. The molecule has 1 spiro atoms. The highest BCUT2D eigenvalue weighted by molar-refractivity contribution is 6.07. The number of hydrogen-bond acceptors (Lipinski definition) is 5. The molecule has 134 valence electrons. The third kappa shape index (κ3) is 2.13. The number of benzene rings is 2. The van der Waals surface area contributed by atoms with Gasteiger partial charge in [0.2, 0.25) is 0 Å². The largest absolute Gasteiger partial charge is 0.326 e. The summed E-state index contributed by atoms with van der Waals surface area (Å²) in [6.45, 7) is -0.273. The highest BCUT2D eigenvalue weighted by Crippen LogP contribution is 2.41. The number of hydrogen-bond donors (Lipinski definition) is 1. The van der Waals surface area contributed by atoms with Crippen molar-refractivity contribution in [1.82, 2.24) is 25.2 Å². The maximum atomic E-state index is 13.2. The molecule has 2 heterocycles. The van der Waals surface area contributed by atoms with Crippen molar-refractivity contribution in [2.24, 2.45) is 0 Å². The Kier molecular flexibility index (Phi) is 3.18. The zero-order valence-corrected chi connectivity index (χ0v) is 14.3. The van der Waals surface area contributed by atoms with Crippen molar-refractivity contribution in [3.05, 3.63) is 70.0 Å². The van der Waals surface area contributed by atoms with Gasteiger partial charge in [0.15, 0.2) is 0 Å². The summed E-state index contributed by atoms with van der Waals surface area (Å²) in [5.41, 5.74) is 0.895. The Morgan fingerprint density at radius 3 is 2.70 bits per heavy atom. The molecule has 3 amide bonds. The zero-order chi connectivity index (χ0) is 18.6. The van der Waals surface area contributed by atoms with E-state index in [0.717, 1.165) is 20.7 Å². The molecule has 1 aromatic heterocycles. The molecule has 1 aliphatic heterocycles. The standard InChI is InChI=1S/C19H15N5O3/c25-16-13-6-2-4-8-15(13)21-22-24(16)11-23-17(26)19(20-18(23)27)10-9-12-5-1-3-7-14(12)19/h1-8H,9-11H2,(H,20,27)/t19-/m0/s1. The van der Waals surface area contributed by atoms with Crippen LogP contribution in [0.4, 0.5) is 4.79 Å². The minimum Gasteiger partial charge on any atom is -0.319 e. The molecule has 8 nitrogen and oxygen atoms in total. The van der Waals surface area contributed by atoms with Crippen LogP contribution in [0.5, 0.6) is 0 Å². The number of imide groups is 1. The number of aryl methyl sites for hydroxylation is 1. The fourth-order valence-electron chi connectivity index (χ4n) is 3.97. The monoisotopic (exact) mass is 361 g/mol. The molecule has 3 aromatic rings. The van der Waals surface area contributed by atoms with Crippen LogP contribution in [0.25, 0.3) is 10.9 Å². The van der Waals surface area contributed by atoms with E-state index in [-0.39, 0.29) is 12.6 Å². The van der Waals surface area contributed by atoms with E-state index in [1.54, 1.807) is 24.3 Å². The highest BCUT2D eigenvalue weighted by Gasteiger charge is 2.55. The average Bonchev–Trinajstić information content (AvgIpc) is 3.17. The lowest BCUT2D eigenvalue weighted by Gasteiger charge is -2.22. The van der Waals surface area contributed by atoms with E-state index < -0.39 is 17.1 Å². The first-order valence-corrected chi connectivity index (χ1v) is 8.65. The van der Waals surface area contributed by atoms with Crippen molar-refractivity contribution in [3.8, 4) is 0 Å². The van der Waals surface area contributed by atoms with Crippen LogP contribution in [0.3, 0.4) is 0 Å². The molecule has 8 heteroatoms. The molecule has 2 aromatic carbocycles. The van der Waals surface area contributed by atoms with Crippen LogP contribution >= 0.6 is 0 Å². The van der Waals surface area contributed by atoms with Crippen LogP contribution < -0.4 is 10.9 Å². The Hall–Kier alpha value is -3.55. The molecule has 1 aliphatic carbocycles. The number of carbonyl (C=O) groups is 2. The summed E-state index contributed by atoms with van der Waals surface area (Å²) in [6.07, 6.45) is 1.22. The van der Waals surface area contributed by atoms with Crippen LogP contribution in [0.2, 0.25) is 0 Å².